The molecule has 0 aliphatic rings. The molecule has 0 saturated heterocycles. The third kappa shape index (κ3) is 13.9. The van der Waals surface area contributed by atoms with Crippen LogP contribution in [0, 0.1) is 0 Å². The molecular formula is C13H28O2. The topological polar surface area (TPSA) is 18.5 Å². The Balaban J connectivity index is 2.93. The molecule has 0 saturated carbocycles. The summed E-state index contributed by atoms with van der Waals surface area (Å²) in [6.07, 6.45) is 7.03. The van der Waals surface area contributed by atoms with Crippen LogP contribution in [0.2, 0.25) is 0 Å². The average Bonchev–Trinajstić information content (AvgIpc) is 2.14. The minimum atomic E-state index is 0.379. The number of unbranched alkanes of at least 4 members (excludes halogenated alkanes) is 4. The Labute approximate surface area is 95.3 Å². The SMILES string of the molecule is CC(C)OCCCCCCCOC(C)C. The summed E-state index contributed by atoms with van der Waals surface area (Å²) in [6, 6.07) is 0. The van der Waals surface area contributed by atoms with Crippen LogP contribution >= 0.6 is 0 Å². The van der Waals surface area contributed by atoms with Crippen molar-refractivity contribution in [2.45, 2.75) is 72.0 Å². The van der Waals surface area contributed by atoms with E-state index in [-0.39, 0.29) is 0 Å². The van der Waals surface area contributed by atoms with E-state index >= 15 is 0 Å². The van der Waals surface area contributed by atoms with E-state index in [1.807, 2.05) is 0 Å². The lowest BCUT2D eigenvalue weighted by molar-refractivity contribution is 0.0723. The highest BCUT2D eigenvalue weighted by molar-refractivity contribution is 4.46. The van der Waals surface area contributed by atoms with E-state index < -0.39 is 0 Å². The summed E-state index contributed by atoms with van der Waals surface area (Å²) in [5.74, 6) is 0. The van der Waals surface area contributed by atoms with Gasteiger partial charge in [0.2, 0.25) is 0 Å². The normalized spacial score (nSPS) is 11.6. The first-order valence-corrected chi connectivity index (χ1v) is 6.36. The fourth-order valence-electron chi connectivity index (χ4n) is 1.37. The van der Waals surface area contributed by atoms with Crippen molar-refractivity contribution in [3.8, 4) is 0 Å². The minimum absolute atomic E-state index is 0.379. The van der Waals surface area contributed by atoms with Gasteiger partial charge in [0.25, 0.3) is 0 Å². The Morgan fingerprint density at radius 3 is 1.27 bits per heavy atom. The van der Waals surface area contributed by atoms with Gasteiger partial charge in [-0.05, 0) is 40.5 Å². The zero-order valence-electron chi connectivity index (χ0n) is 10.9. The summed E-state index contributed by atoms with van der Waals surface area (Å²) in [5, 5.41) is 0. The molecule has 0 aromatic heterocycles. The third-order valence-electron chi connectivity index (χ3n) is 2.19. The molecule has 0 heterocycles. The van der Waals surface area contributed by atoms with Gasteiger partial charge < -0.3 is 9.47 Å². The molecule has 0 N–H and O–H groups in total. The first-order chi connectivity index (χ1) is 7.13. The van der Waals surface area contributed by atoms with Crippen molar-refractivity contribution in [1.82, 2.24) is 0 Å². The minimum Gasteiger partial charge on any atom is -0.379 e. The van der Waals surface area contributed by atoms with Crippen molar-refractivity contribution in [3.05, 3.63) is 0 Å². The molecule has 0 fully saturated rings. The lowest BCUT2D eigenvalue weighted by Crippen LogP contribution is -2.04. The van der Waals surface area contributed by atoms with E-state index in [2.05, 4.69) is 27.7 Å². The van der Waals surface area contributed by atoms with Crippen molar-refractivity contribution in [2.24, 2.45) is 0 Å². The average molecular weight is 216 g/mol. The molecule has 15 heavy (non-hydrogen) atoms. The highest BCUT2D eigenvalue weighted by Crippen LogP contribution is 2.04. The van der Waals surface area contributed by atoms with Crippen molar-refractivity contribution >= 4 is 0 Å². The van der Waals surface area contributed by atoms with Crippen LogP contribution < -0.4 is 0 Å². The Morgan fingerprint density at radius 2 is 0.933 bits per heavy atom. The van der Waals surface area contributed by atoms with Crippen molar-refractivity contribution in [2.75, 3.05) is 13.2 Å². The van der Waals surface area contributed by atoms with E-state index in [4.69, 9.17) is 9.47 Å². The molecular weight excluding hydrogens is 188 g/mol. The maximum Gasteiger partial charge on any atom is 0.0518 e. The number of rotatable bonds is 10. The molecule has 0 amide bonds. The van der Waals surface area contributed by atoms with Crippen LogP contribution in [0.5, 0.6) is 0 Å². The smallest absolute Gasteiger partial charge is 0.0518 e. The first kappa shape index (κ1) is 14.9. The van der Waals surface area contributed by atoms with Gasteiger partial charge in [-0.25, -0.2) is 0 Å². The van der Waals surface area contributed by atoms with Crippen molar-refractivity contribution < 1.29 is 9.47 Å². The predicted octanol–water partition coefficient (Wildman–Crippen LogP) is 3.79. The highest BCUT2D eigenvalue weighted by atomic mass is 16.5. The Bertz CT molecular complexity index is 108. The molecule has 0 unspecified atom stereocenters. The molecule has 0 rings (SSSR count). The lowest BCUT2D eigenvalue weighted by Gasteiger charge is -2.08. The van der Waals surface area contributed by atoms with E-state index in [0.29, 0.717) is 12.2 Å². The van der Waals surface area contributed by atoms with Gasteiger partial charge in [-0.1, -0.05) is 19.3 Å². The quantitative estimate of drug-likeness (QED) is 0.517. The monoisotopic (exact) mass is 216 g/mol. The maximum absolute atomic E-state index is 5.48. The van der Waals surface area contributed by atoms with Gasteiger partial charge in [0.15, 0.2) is 0 Å². The number of hydrogen-bond acceptors (Lipinski definition) is 2. The maximum atomic E-state index is 5.48. The molecule has 0 aliphatic carbocycles. The van der Waals surface area contributed by atoms with Gasteiger partial charge in [-0.3, -0.25) is 0 Å². The summed E-state index contributed by atoms with van der Waals surface area (Å²) >= 11 is 0. The van der Waals surface area contributed by atoms with Crippen LogP contribution in [-0.4, -0.2) is 25.4 Å². The number of ether oxygens (including phenoxy) is 2. The molecule has 0 aromatic carbocycles. The lowest BCUT2D eigenvalue weighted by atomic mass is 10.1. The molecule has 2 nitrogen and oxygen atoms in total. The van der Waals surface area contributed by atoms with Crippen LogP contribution in [0.25, 0.3) is 0 Å². The van der Waals surface area contributed by atoms with Gasteiger partial charge in [-0.15, -0.1) is 0 Å². The number of hydrogen-bond donors (Lipinski definition) is 0. The van der Waals surface area contributed by atoms with Crippen molar-refractivity contribution in [3.63, 3.8) is 0 Å². The van der Waals surface area contributed by atoms with Gasteiger partial charge in [0, 0.05) is 13.2 Å². The van der Waals surface area contributed by atoms with Crippen LogP contribution in [0.1, 0.15) is 59.8 Å². The Hall–Kier alpha value is -0.0800. The molecule has 0 radical (unpaired) electrons. The largest absolute Gasteiger partial charge is 0.379 e. The van der Waals surface area contributed by atoms with Crippen LogP contribution in [0.15, 0.2) is 0 Å². The fourth-order valence-corrected chi connectivity index (χ4v) is 1.37. The van der Waals surface area contributed by atoms with Crippen molar-refractivity contribution in [1.29, 1.82) is 0 Å². The van der Waals surface area contributed by atoms with Crippen LogP contribution in [0.3, 0.4) is 0 Å². The van der Waals surface area contributed by atoms with Crippen LogP contribution in [-0.2, 0) is 9.47 Å². The summed E-state index contributed by atoms with van der Waals surface area (Å²) in [5.41, 5.74) is 0. The second kappa shape index (κ2) is 10.4. The van der Waals surface area contributed by atoms with Gasteiger partial charge in [0.05, 0.1) is 12.2 Å². The standard InChI is InChI=1S/C13H28O2/c1-12(2)14-10-8-6-5-7-9-11-15-13(3)4/h12-13H,5-11H2,1-4H3. The Kier molecular flexibility index (Phi) is 10.4. The van der Waals surface area contributed by atoms with Gasteiger partial charge in [0.1, 0.15) is 0 Å². The Morgan fingerprint density at radius 1 is 0.600 bits per heavy atom. The third-order valence-corrected chi connectivity index (χ3v) is 2.19. The zero-order valence-corrected chi connectivity index (χ0v) is 10.9. The van der Waals surface area contributed by atoms with E-state index in [1.54, 1.807) is 0 Å². The summed E-state index contributed by atoms with van der Waals surface area (Å²) in [6.45, 7) is 10.2. The molecule has 0 spiro atoms. The molecule has 0 atom stereocenters. The van der Waals surface area contributed by atoms with Gasteiger partial charge >= 0.3 is 0 Å². The highest BCUT2D eigenvalue weighted by Gasteiger charge is 1.95. The second-order valence-electron chi connectivity index (χ2n) is 4.61. The summed E-state index contributed by atoms with van der Waals surface area (Å²) in [4.78, 5) is 0. The van der Waals surface area contributed by atoms with Gasteiger partial charge in [-0.2, -0.15) is 0 Å². The predicted molar refractivity (Wildman–Crippen MR) is 65.3 cm³/mol. The zero-order chi connectivity index (χ0) is 11.5. The second-order valence-corrected chi connectivity index (χ2v) is 4.61. The fraction of sp³-hybridized carbons (Fsp3) is 1.00. The molecule has 0 bridgehead atoms. The summed E-state index contributed by atoms with van der Waals surface area (Å²) < 4.78 is 11.0. The van der Waals surface area contributed by atoms with Crippen LogP contribution in [0.4, 0.5) is 0 Å². The molecule has 0 aromatic rings. The molecule has 92 valence electrons. The van der Waals surface area contributed by atoms with E-state index in [0.717, 1.165) is 13.2 Å². The van der Waals surface area contributed by atoms with E-state index in [1.165, 1.54) is 32.1 Å². The first-order valence-electron chi connectivity index (χ1n) is 6.36. The summed E-state index contributed by atoms with van der Waals surface area (Å²) in [7, 11) is 0. The van der Waals surface area contributed by atoms with E-state index in [9.17, 15) is 0 Å². The molecule has 2 heteroatoms. The molecule has 0 aliphatic heterocycles.